The van der Waals surface area contributed by atoms with Crippen LogP contribution in [-0.4, -0.2) is 35.5 Å². The van der Waals surface area contributed by atoms with Crippen LogP contribution in [0, 0.1) is 0 Å². The zero-order valence-electron chi connectivity index (χ0n) is 11.0. The first kappa shape index (κ1) is 14.4. The number of carbonyl (C=O) groups excluding carboxylic acids is 1. The number of hydrogen-bond donors (Lipinski definition) is 2. The molecule has 0 aromatic rings. The van der Waals surface area contributed by atoms with Crippen LogP contribution in [0.5, 0.6) is 0 Å². The Morgan fingerprint density at radius 3 is 3.00 bits per heavy atom. The van der Waals surface area contributed by atoms with Gasteiger partial charge < -0.3 is 10.6 Å². The summed E-state index contributed by atoms with van der Waals surface area (Å²) in [5, 5.41) is 7.16. The topological polar surface area (TPSA) is 53.5 Å². The van der Waals surface area contributed by atoms with E-state index in [1.807, 2.05) is 6.92 Å². The van der Waals surface area contributed by atoms with Gasteiger partial charge in [-0.15, -0.1) is 0 Å². The number of nitrogens with one attached hydrogen (secondary N) is 2. The normalized spacial score (nSPS) is 26.6. The van der Waals surface area contributed by atoms with E-state index in [9.17, 15) is 4.79 Å². The molecule has 5 heteroatoms. The number of hydrogen-bond acceptors (Lipinski definition) is 3. The Morgan fingerprint density at radius 1 is 1.59 bits per heavy atom. The van der Waals surface area contributed by atoms with Crippen molar-refractivity contribution in [1.29, 1.82) is 0 Å². The molecule has 1 heterocycles. The van der Waals surface area contributed by atoms with E-state index in [0.29, 0.717) is 0 Å². The van der Waals surface area contributed by atoms with Crippen molar-refractivity contribution in [3.8, 4) is 0 Å². The molecule has 2 N–H and O–H groups in total. The number of amidine groups is 1. The molecule has 1 fully saturated rings. The van der Waals surface area contributed by atoms with Gasteiger partial charge in [-0.05, 0) is 26.2 Å². The molecule has 1 aliphatic heterocycles. The molecule has 0 bridgehead atoms. The van der Waals surface area contributed by atoms with E-state index in [0.717, 1.165) is 36.7 Å². The summed E-state index contributed by atoms with van der Waals surface area (Å²) < 4.78 is 0. The van der Waals surface area contributed by atoms with Gasteiger partial charge in [0.25, 0.3) is 0 Å². The monoisotopic (exact) mass is 257 g/mol. The number of aliphatic imine (C=N–C) groups is 1. The van der Waals surface area contributed by atoms with Crippen molar-refractivity contribution < 1.29 is 4.79 Å². The van der Waals surface area contributed by atoms with Crippen LogP contribution in [0.15, 0.2) is 4.99 Å². The summed E-state index contributed by atoms with van der Waals surface area (Å²) in [4.78, 5) is 15.8. The zero-order valence-corrected chi connectivity index (χ0v) is 11.8. The molecule has 0 spiro atoms. The SMILES string of the molecule is CCCNC(=O)CN=C1NC(C)(CC)CCS1. The van der Waals surface area contributed by atoms with Crippen molar-refractivity contribution in [2.75, 3.05) is 18.8 Å². The predicted octanol–water partition coefficient (Wildman–Crippen LogP) is 1.76. The Morgan fingerprint density at radius 2 is 2.35 bits per heavy atom. The van der Waals surface area contributed by atoms with Crippen molar-refractivity contribution >= 4 is 22.8 Å². The van der Waals surface area contributed by atoms with E-state index < -0.39 is 0 Å². The van der Waals surface area contributed by atoms with Gasteiger partial charge in [0.1, 0.15) is 6.54 Å². The number of amides is 1. The highest BCUT2D eigenvalue weighted by Gasteiger charge is 2.27. The van der Waals surface area contributed by atoms with Crippen molar-refractivity contribution in [2.45, 2.75) is 45.6 Å². The molecule has 1 amide bonds. The van der Waals surface area contributed by atoms with Gasteiger partial charge in [-0.25, -0.2) is 0 Å². The molecule has 0 aromatic heterocycles. The van der Waals surface area contributed by atoms with Gasteiger partial charge in [-0.2, -0.15) is 0 Å². The van der Waals surface area contributed by atoms with E-state index >= 15 is 0 Å². The lowest BCUT2D eigenvalue weighted by Gasteiger charge is -2.35. The van der Waals surface area contributed by atoms with Gasteiger partial charge in [0.2, 0.25) is 5.91 Å². The van der Waals surface area contributed by atoms with Crippen LogP contribution in [0.2, 0.25) is 0 Å². The smallest absolute Gasteiger partial charge is 0.241 e. The fourth-order valence-electron chi connectivity index (χ4n) is 1.54. The van der Waals surface area contributed by atoms with Crippen LogP contribution in [0.4, 0.5) is 0 Å². The molecule has 0 saturated carbocycles. The summed E-state index contributed by atoms with van der Waals surface area (Å²) in [6.07, 6.45) is 3.19. The minimum atomic E-state index is 0.00512. The maximum absolute atomic E-state index is 11.4. The third kappa shape index (κ3) is 4.98. The first-order chi connectivity index (χ1) is 8.09. The summed E-state index contributed by atoms with van der Waals surface area (Å²) >= 11 is 1.71. The molecule has 1 unspecified atom stereocenters. The molecular formula is C12H23N3OS. The number of nitrogens with zero attached hydrogens (tertiary/aromatic N) is 1. The summed E-state index contributed by atoms with van der Waals surface area (Å²) in [6.45, 7) is 7.39. The maximum Gasteiger partial charge on any atom is 0.241 e. The first-order valence-corrected chi connectivity index (χ1v) is 7.30. The standard InChI is InChI=1S/C12H23N3OS/c1-4-7-13-10(16)9-14-11-15-12(3,5-2)6-8-17-11/h4-9H2,1-3H3,(H,13,16)(H,14,15). The summed E-state index contributed by atoms with van der Waals surface area (Å²) in [5.41, 5.74) is 0.143. The van der Waals surface area contributed by atoms with Crippen LogP contribution in [0.3, 0.4) is 0 Å². The predicted molar refractivity (Wildman–Crippen MR) is 74.5 cm³/mol. The van der Waals surface area contributed by atoms with Gasteiger partial charge in [-0.3, -0.25) is 9.79 Å². The Kier molecular flexibility index (Phi) is 5.82. The van der Waals surface area contributed by atoms with E-state index in [4.69, 9.17) is 0 Å². The van der Waals surface area contributed by atoms with Crippen molar-refractivity contribution in [3.05, 3.63) is 0 Å². The van der Waals surface area contributed by atoms with Crippen molar-refractivity contribution in [1.82, 2.24) is 10.6 Å². The molecule has 17 heavy (non-hydrogen) atoms. The second-order valence-corrected chi connectivity index (χ2v) is 5.69. The minimum absolute atomic E-state index is 0.00512. The van der Waals surface area contributed by atoms with Crippen molar-refractivity contribution in [2.24, 2.45) is 4.99 Å². The molecule has 4 nitrogen and oxygen atoms in total. The van der Waals surface area contributed by atoms with E-state index in [1.54, 1.807) is 11.8 Å². The van der Waals surface area contributed by atoms with Crippen molar-refractivity contribution in [3.63, 3.8) is 0 Å². The number of carbonyl (C=O) groups is 1. The highest BCUT2D eigenvalue weighted by molar-refractivity contribution is 8.13. The van der Waals surface area contributed by atoms with E-state index in [1.165, 1.54) is 0 Å². The first-order valence-electron chi connectivity index (χ1n) is 6.32. The van der Waals surface area contributed by atoms with E-state index in [2.05, 4.69) is 29.5 Å². The molecular weight excluding hydrogens is 234 g/mol. The van der Waals surface area contributed by atoms with E-state index in [-0.39, 0.29) is 18.0 Å². The largest absolute Gasteiger partial charge is 0.360 e. The lowest BCUT2D eigenvalue weighted by molar-refractivity contribution is -0.119. The molecule has 0 aliphatic carbocycles. The quantitative estimate of drug-likeness (QED) is 0.789. The second kappa shape index (κ2) is 6.89. The minimum Gasteiger partial charge on any atom is -0.360 e. The Bertz CT molecular complexity index is 293. The van der Waals surface area contributed by atoms with Crippen LogP contribution in [-0.2, 0) is 4.79 Å². The van der Waals surface area contributed by atoms with Gasteiger partial charge in [0.05, 0.1) is 0 Å². The average molecular weight is 257 g/mol. The fourth-order valence-corrected chi connectivity index (χ4v) is 2.76. The second-order valence-electron chi connectivity index (χ2n) is 4.61. The highest BCUT2D eigenvalue weighted by atomic mass is 32.2. The summed E-state index contributed by atoms with van der Waals surface area (Å²) in [7, 11) is 0. The van der Waals surface area contributed by atoms with Gasteiger partial charge in [0, 0.05) is 17.8 Å². The molecule has 1 saturated heterocycles. The van der Waals surface area contributed by atoms with Gasteiger partial charge in [0.15, 0.2) is 5.17 Å². The molecule has 0 radical (unpaired) electrons. The van der Waals surface area contributed by atoms with Crippen LogP contribution < -0.4 is 10.6 Å². The fraction of sp³-hybridized carbons (Fsp3) is 0.833. The Balaban J connectivity index is 2.41. The van der Waals surface area contributed by atoms with Crippen LogP contribution in [0.1, 0.15) is 40.0 Å². The lowest BCUT2D eigenvalue weighted by Crippen LogP contribution is -2.48. The Labute approximate surface area is 108 Å². The van der Waals surface area contributed by atoms with Gasteiger partial charge in [-0.1, -0.05) is 25.6 Å². The molecule has 1 rings (SSSR count). The lowest BCUT2D eigenvalue weighted by atomic mass is 9.96. The molecule has 0 aromatic carbocycles. The molecule has 1 aliphatic rings. The molecule has 1 atom stereocenters. The summed E-state index contributed by atoms with van der Waals surface area (Å²) in [6, 6.07) is 0. The third-order valence-corrected chi connectivity index (χ3v) is 3.93. The highest BCUT2D eigenvalue weighted by Crippen LogP contribution is 2.24. The van der Waals surface area contributed by atoms with Crippen LogP contribution in [0.25, 0.3) is 0 Å². The van der Waals surface area contributed by atoms with Crippen LogP contribution >= 0.6 is 11.8 Å². The molecule has 98 valence electrons. The Hall–Kier alpha value is -0.710. The number of thioether (sulfide) groups is 1. The third-order valence-electron chi connectivity index (χ3n) is 3.02. The van der Waals surface area contributed by atoms with Gasteiger partial charge >= 0.3 is 0 Å². The average Bonchev–Trinajstić information content (AvgIpc) is 2.34. The number of rotatable bonds is 5. The maximum atomic E-state index is 11.4. The summed E-state index contributed by atoms with van der Waals surface area (Å²) in [5.74, 6) is 1.08. The zero-order chi connectivity index (χ0) is 12.7.